The summed E-state index contributed by atoms with van der Waals surface area (Å²) in [7, 11) is 0. The zero-order chi connectivity index (χ0) is 18.0. The number of hydrogen-bond donors (Lipinski definition) is 1. The van der Waals surface area contributed by atoms with E-state index < -0.39 is 5.54 Å². The van der Waals surface area contributed by atoms with Crippen molar-refractivity contribution in [3.8, 4) is 17.3 Å². The van der Waals surface area contributed by atoms with Crippen molar-refractivity contribution in [2.75, 3.05) is 0 Å². The first-order valence-electron chi connectivity index (χ1n) is 8.92. The van der Waals surface area contributed by atoms with Crippen molar-refractivity contribution in [2.24, 2.45) is 0 Å². The second-order valence-electron chi connectivity index (χ2n) is 6.85. The van der Waals surface area contributed by atoms with Gasteiger partial charge in [-0.05, 0) is 12.8 Å². The Kier molecular flexibility index (Phi) is 4.48. The zero-order valence-electron chi connectivity index (χ0n) is 14.4. The fourth-order valence-corrected chi connectivity index (χ4v) is 4.47. The van der Waals surface area contributed by atoms with Crippen molar-refractivity contribution < 1.29 is 4.79 Å². The van der Waals surface area contributed by atoms with Crippen LogP contribution in [0, 0.1) is 11.3 Å². The highest BCUT2D eigenvalue weighted by atomic mass is 32.1. The topological polar surface area (TPSA) is 70.2 Å². The maximum atomic E-state index is 12.6. The molecule has 1 aliphatic carbocycles. The van der Waals surface area contributed by atoms with E-state index in [1.54, 1.807) is 0 Å². The van der Waals surface area contributed by atoms with E-state index in [4.69, 9.17) is 0 Å². The SMILES string of the molecule is N#CC1(NC(=O)Cc2csc3nc(-c4ccccc4)cn23)CCCCC1. The van der Waals surface area contributed by atoms with Gasteiger partial charge in [0.2, 0.25) is 5.91 Å². The molecule has 0 bridgehead atoms. The van der Waals surface area contributed by atoms with Crippen LogP contribution in [0.25, 0.3) is 16.2 Å². The molecule has 0 saturated heterocycles. The average molecular weight is 364 g/mol. The molecule has 1 saturated carbocycles. The number of amides is 1. The van der Waals surface area contributed by atoms with Gasteiger partial charge in [0.15, 0.2) is 4.96 Å². The molecular formula is C20H20N4OS. The van der Waals surface area contributed by atoms with Gasteiger partial charge >= 0.3 is 0 Å². The molecule has 0 spiro atoms. The molecule has 3 aromatic rings. The molecule has 6 heteroatoms. The van der Waals surface area contributed by atoms with Crippen LogP contribution in [0.2, 0.25) is 0 Å². The Balaban J connectivity index is 1.53. The van der Waals surface area contributed by atoms with E-state index in [1.165, 1.54) is 11.3 Å². The predicted molar refractivity (Wildman–Crippen MR) is 102 cm³/mol. The molecule has 1 aliphatic rings. The minimum Gasteiger partial charge on any atom is -0.337 e. The van der Waals surface area contributed by atoms with Crippen molar-refractivity contribution in [3.63, 3.8) is 0 Å². The first kappa shape index (κ1) is 16.8. The Morgan fingerprint density at radius 1 is 1.27 bits per heavy atom. The third-order valence-corrected chi connectivity index (χ3v) is 5.88. The molecule has 26 heavy (non-hydrogen) atoms. The molecule has 132 valence electrons. The third kappa shape index (κ3) is 3.23. The van der Waals surface area contributed by atoms with Crippen LogP contribution in [0.15, 0.2) is 41.9 Å². The number of aromatic nitrogens is 2. The Morgan fingerprint density at radius 2 is 2.04 bits per heavy atom. The van der Waals surface area contributed by atoms with Crippen molar-refractivity contribution in [1.29, 1.82) is 5.26 Å². The van der Waals surface area contributed by atoms with Gasteiger partial charge in [0.1, 0.15) is 5.54 Å². The van der Waals surface area contributed by atoms with Crippen molar-refractivity contribution >= 4 is 22.2 Å². The summed E-state index contributed by atoms with van der Waals surface area (Å²) in [6.45, 7) is 0. The third-order valence-electron chi connectivity index (χ3n) is 4.99. The number of benzene rings is 1. The van der Waals surface area contributed by atoms with Crippen LogP contribution in [-0.2, 0) is 11.2 Å². The second kappa shape index (κ2) is 6.93. The van der Waals surface area contributed by atoms with E-state index in [0.717, 1.165) is 54.0 Å². The van der Waals surface area contributed by atoms with Crippen LogP contribution in [-0.4, -0.2) is 20.8 Å². The summed E-state index contributed by atoms with van der Waals surface area (Å²) in [5.74, 6) is -0.0943. The number of carbonyl (C=O) groups is 1. The lowest BCUT2D eigenvalue weighted by Crippen LogP contribution is -2.49. The summed E-state index contributed by atoms with van der Waals surface area (Å²) in [6.07, 6.45) is 6.87. The highest BCUT2D eigenvalue weighted by molar-refractivity contribution is 7.15. The molecule has 0 atom stereocenters. The van der Waals surface area contributed by atoms with Crippen LogP contribution in [0.5, 0.6) is 0 Å². The first-order chi connectivity index (χ1) is 12.7. The molecule has 1 fully saturated rings. The summed E-state index contributed by atoms with van der Waals surface area (Å²) in [6, 6.07) is 12.4. The monoisotopic (exact) mass is 364 g/mol. The summed E-state index contributed by atoms with van der Waals surface area (Å²) in [5, 5.41) is 14.5. The van der Waals surface area contributed by atoms with Gasteiger partial charge in [0.25, 0.3) is 0 Å². The van der Waals surface area contributed by atoms with Crippen LogP contribution in [0.1, 0.15) is 37.8 Å². The fraction of sp³-hybridized carbons (Fsp3) is 0.350. The molecular weight excluding hydrogens is 344 g/mol. The van der Waals surface area contributed by atoms with Gasteiger partial charge in [-0.15, -0.1) is 11.3 Å². The number of nitrogens with one attached hydrogen (secondary N) is 1. The van der Waals surface area contributed by atoms with Crippen molar-refractivity contribution in [2.45, 2.75) is 44.1 Å². The summed E-state index contributed by atoms with van der Waals surface area (Å²) >= 11 is 1.53. The number of rotatable bonds is 4. The Labute approximate surface area is 156 Å². The van der Waals surface area contributed by atoms with Crippen LogP contribution >= 0.6 is 11.3 Å². The first-order valence-corrected chi connectivity index (χ1v) is 9.80. The molecule has 0 unspecified atom stereocenters. The summed E-state index contributed by atoms with van der Waals surface area (Å²) in [4.78, 5) is 18.1. The molecule has 4 rings (SSSR count). The van der Waals surface area contributed by atoms with E-state index in [-0.39, 0.29) is 12.3 Å². The average Bonchev–Trinajstić information content (AvgIpc) is 3.25. The van der Waals surface area contributed by atoms with Gasteiger partial charge in [-0.3, -0.25) is 9.20 Å². The van der Waals surface area contributed by atoms with Gasteiger partial charge in [-0.1, -0.05) is 49.6 Å². The largest absolute Gasteiger partial charge is 0.337 e. The number of hydrogen-bond acceptors (Lipinski definition) is 4. The van der Waals surface area contributed by atoms with Crippen LogP contribution < -0.4 is 5.32 Å². The van der Waals surface area contributed by atoms with Crippen molar-refractivity contribution in [3.05, 3.63) is 47.6 Å². The summed E-state index contributed by atoms with van der Waals surface area (Å²) < 4.78 is 1.98. The highest BCUT2D eigenvalue weighted by Gasteiger charge is 2.33. The fourth-order valence-electron chi connectivity index (χ4n) is 3.60. The minimum atomic E-state index is -0.686. The van der Waals surface area contributed by atoms with Crippen LogP contribution in [0.4, 0.5) is 0 Å². The lowest BCUT2D eigenvalue weighted by Gasteiger charge is -2.31. The molecule has 0 radical (unpaired) electrons. The van der Waals surface area contributed by atoms with Crippen LogP contribution in [0.3, 0.4) is 0 Å². The predicted octanol–water partition coefficient (Wildman–Crippen LogP) is 3.95. The minimum absolute atomic E-state index is 0.0943. The number of nitrogens with zero attached hydrogens (tertiary/aromatic N) is 3. The smallest absolute Gasteiger partial charge is 0.227 e. The maximum Gasteiger partial charge on any atom is 0.227 e. The lowest BCUT2D eigenvalue weighted by atomic mass is 9.83. The second-order valence-corrected chi connectivity index (χ2v) is 7.69. The Morgan fingerprint density at radius 3 is 2.77 bits per heavy atom. The Hall–Kier alpha value is -2.65. The number of nitriles is 1. The molecule has 1 aromatic carbocycles. The van der Waals surface area contributed by atoms with Gasteiger partial charge in [0, 0.05) is 22.8 Å². The van der Waals surface area contributed by atoms with E-state index >= 15 is 0 Å². The molecule has 2 aromatic heterocycles. The highest BCUT2D eigenvalue weighted by Crippen LogP contribution is 2.28. The molecule has 0 aliphatic heterocycles. The Bertz CT molecular complexity index is 961. The van der Waals surface area contributed by atoms with Gasteiger partial charge in [-0.25, -0.2) is 4.98 Å². The quantitative estimate of drug-likeness (QED) is 0.762. The van der Waals surface area contributed by atoms with Gasteiger partial charge in [0.05, 0.1) is 18.2 Å². The van der Waals surface area contributed by atoms with E-state index in [0.29, 0.717) is 0 Å². The van der Waals surface area contributed by atoms with E-state index in [9.17, 15) is 10.1 Å². The number of imidazole rings is 1. The number of carbonyl (C=O) groups excluding carboxylic acids is 1. The molecule has 5 nitrogen and oxygen atoms in total. The number of thiazole rings is 1. The van der Waals surface area contributed by atoms with E-state index in [1.807, 2.05) is 46.3 Å². The normalized spacial score (nSPS) is 16.3. The van der Waals surface area contributed by atoms with Gasteiger partial charge < -0.3 is 5.32 Å². The lowest BCUT2D eigenvalue weighted by molar-refractivity contribution is -0.122. The molecule has 1 amide bonds. The summed E-state index contributed by atoms with van der Waals surface area (Å²) in [5.41, 5.74) is 2.18. The van der Waals surface area contributed by atoms with Crippen molar-refractivity contribution in [1.82, 2.24) is 14.7 Å². The number of fused-ring (bicyclic) bond motifs is 1. The zero-order valence-corrected chi connectivity index (χ0v) is 15.3. The molecule has 1 N–H and O–H groups in total. The van der Waals surface area contributed by atoms with E-state index in [2.05, 4.69) is 16.4 Å². The van der Waals surface area contributed by atoms with Gasteiger partial charge in [-0.2, -0.15) is 5.26 Å². The molecule has 2 heterocycles. The maximum absolute atomic E-state index is 12.6. The standard InChI is InChI=1S/C20H20N4OS/c21-14-20(9-5-2-6-10-20)23-18(25)11-16-13-26-19-22-17(12-24(16)19)15-7-3-1-4-8-15/h1,3-4,7-8,12-13H,2,5-6,9-11H2,(H,23,25).